The van der Waals surface area contributed by atoms with E-state index >= 15 is 0 Å². The Balaban J connectivity index is 2.99. The molecule has 0 aromatic heterocycles. The summed E-state index contributed by atoms with van der Waals surface area (Å²) in [5.41, 5.74) is -2.08. The minimum Gasteiger partial charge on any atom is -0.481 e. The zero-order chi connectivity index (χ0) is 12.6. The van der Waals surface area contributed by atoms with Crippen LogP contribution >= 0.6 is 0 Å². The average Bonchev–Trinajstić information content (AvgIpc) is 2.20. The molecule has 16 heavy (non-hydrogen) atoms. The van der Waals surface area contributed by atoms with Crippen LogP contribution in [0.3, 0.4) is 0 Å². The van der Waals surface area contributed by atoms with Crippen molar-refractivity contribution in [1.29, 1.82) is 0 Å². The van der Waals surface area contributed by atoms with Gasteiger partial charge in [-0.1, -0.05) is 20.8 Å². The molecule has 0 radical (unpaired) electrons. The molecule has 0 aliphatic heterocycles. The van der Waals surface area contributed by atoms with Crippen molar-refractivity contribution in [2.45, 2.75) is 59.0 Å². The fourth-order valence-electron chi connectivity index (χ4n) is 2.74. The SMILES string of the molecule is CC1CCC(O)(C(C)(C(=O)O)C(C)C)CC1. The van der Waals surface area contributed by atoms with Crippen molar-refractivity contribution < 1.29 is 15.0 Å². The quantitative estimate of drug-likeness (QED) is 0.780. The second-order valence-electron chi connectivity index (χ2n) is 5.88. The smallest absolute Gasteiger partial charge is 0.312 e. The monoisotopic (exact) mass is 228 g/mol. The first kappa shape index (κ1) is 13.5. The molecule has 0 bridgehead atoms. The molecule has 0 aromatic rings. The van der Waals surface area contributed by atoms with E-state index in [0.29, 0.717) is 18.8 Å². The highest BCUT2D eigenvalue weighted by Crippen LogP contribution is 2.48. The van der Waals surface area contributed by atoms with Crippen LogP contribution in [0.15, 0.2) is 0 Å². The molecule has 1 aliphatic carbocycles. The molecule has 0 aromatic carbocycles. The van der Waals surface area contributed by atoms with Gasteiger partial charge in [0.15, 0.2) is 0 Å². The van der Waals surface area contributed by atoms with E-state index in [1.165, 1.54) is 0 Å². The van der Waals surface area contributed by atoms with Gasteiger partial charge in [0.1, 0.15) is 0 Å². The van der Waals surface area contributed by atoms with Crippen LogP contribution in [0.1, 0.15) is 53.4 Å². The molecule has 0 spiro atoms. The summed E-state index contributed by atoms with van der Waals surface area (Å²) in [7, 11) is 0. The van der Waals surface area contributed by atoms with Crippen molar-refractivity contribution in [2.24, 2.45) is 17.3 Å². The predicted octanol–water partition coefficient (Wildman–Crippen LogP) is 2.67. The minimum atomic E-state index is -1.04. The van der Waals surface area contributed by atoms with Crippen molar-refractivity contribution in [2.75, 3.05) is 0 Å². The number of carboxylic acids is 1. The molecule has 1 fully saturated rings. The fourth-order valence-corrected chi connectivity index (χ4v) is 2.74. The Hall–Kier alpha value is -0.570. The van der Waals surface area contributed by atoms with E-state index in [4.69, 9.17) is 0 Å². The molecular weight excluding hydrogens is 204 g/mol. The lowest BCUT2D eigenvalue weighted by Gasteiger charge is -2.48. The molecule has 2 N–H and O–H groups in total. The summed E-state index contributed by atoms with van der Waals surface area (Å²) in [6, 6.07) is 0. The Labute approximate surface area is 97.9 Å². The van der Waals surface area contributed by atoms with Gasteiger partial charge in [-0.25, -0.2) is 0 Å². The molecule has 0 amide bonds. The van der Waals surface area contributed by atoms with Crippen LogP contribution in [-0.4, -0.2) is 21.8 Å². The second kappa shape index (κ2) is 4.36. The molecule has 94 valence electrons. The third-order valence-electron chi connectivity index (χ3n) is 4.67. The first-order valence-corrected chi connectivity index (χ1v) is 6.20. The maximum atomic E-state index is 11.5. The predicted molar refractivity (Wildman–Crippen MR) is 63.2 cm³/mol. The van der Waals surface area contributed by atoms with Gasteiger partial charge in [0.25, 0.3) is 0 Å². The van der Waals surface area contributed by atoms with E-state index in [1.807, 2.05) is 13.8 Å². The molecule has 3 nitrogen and oxygen atoms in total. The van der Waals surface area contributed by atoms with Crippen molar-refractivity contribution in [3.63, 3.8) is 0 Å². The van der Waals surface area contributed by atoms with Gasteiger partial charge >= 0.3 is 5.97 Å². The molecule has 1 saturated carbocycles. The first-order chi connectivity index (χ1) is 7.24. The fraction of sp³-hybridized carbons (Fsp3) is 0.923. The summed E-state index contributed by atoms with van der Waals surface area (Å²) in [6.07, 6.45) is 3.06. The third kappa shape index (κ3) is 1.97. The maximum Gasteiger partial charge on any atom is 0.312 e. The van der Waals surface area contributed by atoms with Crippen LogP contribution in [0.25, 0.3) is 0 Å². The van der Waals surface area contributed by atoms with Gasteiger partial charge in [0, 0.05) is 0 Å². The summed E-state index contributed by atoms with van der Waals surface area (Å²) >= 11 is 0. The molecular formula is C13H24O3. The minimum absolute atomic E-state index is 0.0663. The molecule has 1 unspecified atom stereocenters. The van der Waals surface area contributed by atoms with E-state index in [9.17, 15) is 15.0 Å². The van der Waals surface area contributed by atoms with Crippen LogP contribution in [-0.2, 0) is 4.79 Å². The average molecular weight is 228 g/mol. The number of hydrogen-bond donors (Lipinski definition) is 2. The Kier molecular flexibility index (Phi) is 3.68. The summed E-state index contributed by atoms with van der Waals surface area (Å²) in [4.78, 5) is 11.5. The Morgan fingerprint density at radius 1 is 1.38 bits per heavy atom. The van der Waals surface area contributed by atoms with Gasteiger partial charge in [-0.15, -0.1) is 0 Å². The lowest BCUT2D eigenvalue weighted by Crippen LogP contribution is -2.56. The van der Waals surface area contributed by atoms with Crippen molar-refractivity contribution in [1.82, 2.24) is 0 Å². The van der Waals surface area contributed by atoms with Crippen LogP contribution in [0.5, 0.6) is 0 Å². The molecule has 1 aliphatic rings. The Morgan fingerprint density at radius 3 is 2.12 bits per heavy atom. The second-order valence-corrected chi connectivity index (χ2v) is 5.88. The van der Waals surface area contributed by atoms with Gasteiger partial charge in [0.05, 0.1) is 11.0 Å². The zero-order valence-electron chi connectivity index (χ0n) is 10.8. The van der Waals surface area contributed by atoms with Crippen molar-refractivity contribution >= 4 is 5.97 Å². The van der Waals surface area contributed by atoms with Crippen molar-refractivity contribution in [3.8, 4) is 0 Å². The van der Waals surface area contributed by atoms with E-state index in [0.717, 1.165) is 12.8 Å². The van der Waals surface area contributed by atoms with Gasteiger partial charge in [0.2, 0.25) is 0 Å². The maximum absolute atomic E-state index is 11.5. The van der Waals surface area contributed by atoms with E-state index in [1.54, 1.807) is 6.92 Å². The standard InChI is InChI=1S/C13H24O3/c1-9(2)12(4,11(14)15)13(16)7-5-10(3)6-8-13/h9-10,16H,5-8H2,1-4H3,(H,14,15). The zero-order valence-corrected chi connectivity index (χ0v) is 10.8. The topological polar surface area (TPSA) is 57.5 Å². The highest BCUT2D eigenvalue weighted by molar-refractivity contribution is 5.76. The molecule has 3 heteroatoms. The first-order valence-electron chi connectivity index (χ1n) is 6.20. The number of aliphatic carboxylic acids is 1. The molecule has 1 rings (SSSR count). The third-order valence-corrected chi connectivity index (χ3v) is 4.67. The lowest BCUT2D eigenvalue weighted by atomic mass is 9.60. The summed E-state index contributed by atoms with van der Waals surface area (Å²) in [5.74, 6) is -0.339. The van der Waals surface area contributed by atoms with Crippen LogP contribution in [0.2, 0.25) is 0 Å². The molecule has 1 atom stereocenters. The highest BCUT2D eigenvalue weighted by Gasteiger charge is 2.54. The highest BCUT2D eigenvalue weighted by atomic mass is 16.4. The van der Waals surface area contributed by atoms with E-state index < -0.39 is 17.0 Å². The van der Waals surface area contributed by atoms with Crippen LogP contribution in [0.4, 0.5) is 0 Å². The van der Waals surface area contributed by atoms with Crippen molar-refractivity contribution in [3.05, 3.63) is 0 Å². The van der Waals surface area contributed by atoms with Crippen LogP contribution in [0, 0.1) is 17.3 Å². The van der Waals surface area contributed by atoms with Gasteiger partial charge < -0.3 is 10.2 Å². The number of aliphatic hydroxyl groups is 1. The number of carbonyl (C=O) groups is 1. The summed E-state index contributed by atoms with van der Waals surface area (Å²) < 4.78 is 0. The van der Waals surface area contributed by atoms with Gasteiger partial charge in [-0.05, 0) is 44.4 Å². The summed E-state index contributed by atoms with van der Waals surface area (Å²) in [5, 5.41) is 20.1. The largest absolute Gasteiger partial charge is 0.481 e. The molecule has 0 saturated heterocycles. The summed E-state index contributed by atoms with van der Waals surface area (Å²) in [6.45, 7) is 7.61. The Morgan fingerprint density at radius 2 is 1.81 bits per heavy atom. The number of carboxylic acid groups (broad SMARTS) is 1. The van der Waals surface area contributed by atoms with Crippen LogP contribution < -0.4 is 0 Å². The number of rotatable bonds is 3. The van der Waals surface area contributed by atoms with Gasteiger partial charge in [-0.3, -0.25) is 4.79 Å². The normalized spacial score (nSPS) is 34.8. The Bertz CT molecular complexity index is 264. The van der Waals surface area contributed by atoms with E-state index in [-0.39, 0.29) is 5.92 Å². The number of hydrogen-bond acceptors (Lipinski definition) is 2. The van der Waals surface area contributed by atoms with E-state index in [2.05, 4.69) is 6.92 Å². The lowest BCUT2D eigenvalue weighted by molar-refractivity contribution is -0.181. The van der Waals surface area contributed by atoms with Gasteiger partial charge in [-0.2, -0.15) is 0 Å². The molecule has 0 heterocycles.